The molecule has 2 aliphatic heterocycles. The van der Waals surface area contributed by atoms with E-state index in [-0.39, 0.29) is 0 Å². The Hall–Kier alpha value is -1.90. The minimum atomic E-state index is 0.811. The fourth-order valence-electron chi connectivity index (χ4n) is 4.76. The van der Waals surface area contributed by atoms with Gasteiger partial charge in [0.1, 0.15) is 0 Å². The summed E-state index contributed by atoms with van der Waals surface area (Å²) >= 11 is 0. The van der Waals surface area contributed by atoms with E-state index in [0.717, 1.165) is 6.04 Å². The van der Waals surface area contributed by atoms with Crippen LogP contribution in [0.15, 0.2) is 66.2 Å². The van der Waals surface area contributed by atoms with E-state index in [4.69, 9.17) is 0 Å². The van der Waals surface area contributed by atoms with Gasteiger partial charge in [0.2, 0.25) is 0 Å². The molecule has 0 radical (unpaired) electrons. The summed E-state index contributed by atoms with van der Waals surface area (Å²) in [6.45, 7) is 4.95. The minimum Gasteiger partial charge on any atom is -0.303 e. The fraction of sp³-hybridized carbons (Fsp3) is 0.440. The lowest BCUT2D eigenvalue weighted by atomic mass is 9.88. The Labute approximate surface area is 164 Å². The highest BCUT2D eigenvalue weighted by Crippen LogP contribution is 2.32. The first-order valence-corrected chi connectivity index (χ1v) is 10.6. The Bertz CT molecular complexity index is 699. The van der Waals surface area contributed by atoms with Gasteiger partial charge in [-0.15, -0.1) is 0 Å². The van der Waals surface area contributed by atoms with Crippen LogP contribution in [-0.2, 0) is 0 Å². The standard InChI is InChI=1S/C25H32N2/c1-26-17-8-13-24(26)16-20-27-18-14-23(15-19-27)25(21-9-4-2-5-10-21)22-11-6-3-7-12-22/h2-7,9-12,24H,8,13-20H2,1H3. The van der Waals surface area contributed by atoms with Gasteiger partial charge in [0.25, 0.3) is 0 Å². The Kier molecular flexibility index (Phi) is 6.06. The Balaban J connectivity index is 1.46. The monoisotopic (exact) mass is 360 g/mol. The third kappa shape index (κ3) is 4.51. The third-order valence-corrected chi connectivity index (χ3v) is 6.39. The highest BCUT2D eigenvalue weighted by atomic mass is 15.2. The van der Waals surface area contributed by atoms with Crippen molar-refractivity contribution in [3.63, 3.8) is 0 Å². The van der Waals surface area contributed by atoms with E-state index in [0.29, 0.717) is 0 Å². The number of nitrogens with zero attached hydrogens (tertiary/aromatic N) is 2. The van der Waals surface area contributed by atoms with E-state index in [1.54, 1.807) is 5.57 Å². The molecule has 0 saturated carbocycles. The van der Waals surface area contributed by atoms with Gasteiger partial charge in [0.05, 0.1) is 0 Å². The number of hydrogen-bond donors (Lipinski definition) is 0. The van der Waals surface area contributed by atoms with Gasteiger partial charge in [-0.2, -0.15) is 0 Å². The smallest absolute Gasteiger partial charge is 0.0105 e. The predicted octanol–water partition coefficient (Wildman–Crippen LogP) is 5.07. The van der Waals surface area contributed by atoms with E-state index in [9.17, 15) is 0 Å². The average molecular weight is 361 g/mol. The second-order valence-electron chi connectivity index (χ2n) is 8.12. The molecule has 0 N–H and O–H groups in total. The van der Waals surface area contributed by atoms with Crippen LogP contribution in [-0.4, -0.2) is 49.1 Å². The van der Waals surface area contributed by atoms with E-state index in [2.05, 4.69) is 77.5 Å². The summed E-state index contributed by atoms with van der Waals surface area (Å²) in [5.74, 6) is 0. The third-order valence-electron chi connectivity index (χ3n) is 6.39. The minimum absolute atomic E-state index is 0.811. The zero-order valence-electron chi connectivity index (χ0n) is 16.6. The number of likely N-dealkylation sites (tertiary alicyclic amines) is 2. The molecule has 0 amide bonds. The van der Waals surface area contributed by atoms with Gasteiger partial charge in [0.15, 0.2) is 0 Å². The highest BCUT2D eigenvalue weighted by Gasteiger charge is 2.23. The van der Waals surface area contributed by atoms with Gasteiger partial charge in [0, 0.05) is 19.1 Å². The first kappa shape index (κ1) is 18.5. The topological polar surface area (TPSA) is 6.48 Å². The van der Waals surface area contributed by atoms with Crippen LogP contribution in [0.5, 0.6) is 0 Å². The highest BCUT2D eigenvalue weighted by molar-refractivity contribution is 5.82. The summed E-state index contributed by atoms with van der Waals surface area (Å²) in [7, 11) is 2.29. The molecule has 142 valence electrons. The van der Waals surface area contributed by atoms with Crippen molar-refractivity contribution >= 4 is 5.57 Å². The predicted molar refractivity (Wildman–Crippen MR) is 115 cm³/mol. The lowest BCUT2D eigenvalue weighted by molar-refractivity contribution is 0.214. The van der Waals surface area contributed by atoms with Crippen LogP contribution in [0.2, 0.25) is 0 Å². The number of piperidine rings is 1. The average Bonchev–Trinajstić information content (AvgIpc) is 3.14. The lowest BCUT2D eigenvalue weighted by Crippen LogP contribution is -2.35. The van der Waals surface area contributed by atoms with Gasteiger partial charge in [-0.05, 0) is 68.9 Å². The van der Waals surface area contributed by atoms with Crippen LogP contribution < -0.4 is 0 Å². The summed E-state index contributed by atoms with van der Waals surface area (Å²) in [5, 5.41) is 0. The molecule has 2 aromatic rings. The quantitative estimate of drug-likeness (QED) is 0.734. The van der Waals surface area contributed by atoms with Crippen LogP contribution >= 0.6 is 0 Å². The Morgan fingerprint density at radius 1 is 0.852 bits per heavy atom. The maximum absolute atomic E-state index is 2.68. The molecule has 2 fully saturated rings. The van der Waals surface area contributed by atoms with Crippen LogP contribution in [0.4, 0.5) is 0 Å². The molecule has 0 aliphatic carbocycles. The van der Waals surface area contributed by atoms with Crippen molar-refractivity contribution < 1.29 is 0 Å². The zero-order chi connectivity index (χ0) is 18.5. The largest absolute Gasteiger partial charge is 0.303 e. The zero-order valence-corrected chi connectivity index (χ0v) is 16.6. The molecule has 0 bridgehead atoms. The van der Waals surface area contributed by atoms with Gasteiger partial charge < -0.3 is 9.80 Å². The molecule has 0 spiro atoms. The molecule has 2 aromatic carbocycles. The lowest BCUT2D eigenvalue weighted by Gasteiger charge is -2.31. The maximum atomic E-state index is 2.68. The molecule has 2 heteroatoms. The maximum Gasteiger partial charge on any atom is 0.0105 e. The Morgan fingerprint density at radius 2 is 1.44 bits per heavy atom. The van der Waals surface area contributed by atoms with E-state index >= 15 is 0 Å². The van der Waals surface area contributed by atoms with Crippen molar-refractivity contribution in [3.8, 4) is 0 Å². The van der Waals surface area contributed by atoms with Crippen molar-refractivity contribution in [2.75, 3.05) is 33.2 Å². The van der Waals surface area contributed by atoms with Crippen LogP contribution in [0, 0.1) is 0 Å². The Morgan fingerprint density at radius 3 is 1.96 bits per heavy atom. The molecule has 2 saturated heterocycles. The van der Waals surface area contributed by atoms with Gasteiger partial charge in [-0.25, -0.2) is 0 Å². The van der Waals surface area contributed by atoms with E-state index in [1.807, 2.05) is 0 Å². The molecule has 4 rings (SSSR count). The fourth-order valence-corrected chi connectivity index (χ4v) is 4.76. The van der Waals surface area contributed by atoms with E-state index in [1.165, 1.54) is 75.0 Å². The molecule has 0 aromatic heterocycles. The van der Waals surface area contributed by atoms with Crippen LogP contribution in [0.1, 0.15) is 43.2 Å². The first-order valence-electron chi connectivity index (χ1n) is 10.6. The molecule has 1 atom stereocenters. The molecule has 2 heterocycles. The number of rotatable bonds is 5. The number of benzene rings is 2. The first-order chi connectivity index (χ1) is 13.3. The van der Waals surface area contributed by atoms with Gasteiger partial charge in [-0.1, -0.05) is 66.2 Å². The molecule has 2 aliphatic rings. The van der Waals surface area contributed by atoms with Gasteiger partial charge in [-0.3, -0.25) is 0 Å². The number of hydrogen-bond acceptors (Lipinski definition) is 2. The molecule has 2 nitrogen and oxygen atoms in total. The van der Waals surface area contributed by atoms with Crippen molar-refractivity contribution in [2.24, 2.45) is 0 Å². The molecule has 27 heavy (non-hydrogen) atoms. The normalized spacial score (nSPS) is 21.5. The van der Waals surface area contributed by atoms with Crippen molar-refractivity contribution in [3.05, 3.63) is 77.4 Å². The van der Waals surface area contributed by atoms with Crippen molar-refractivity contribution in [2.45, 2.75) is 38.1 Å². The SMILES string of the molecule is CN1CCCC1CCN1CCC(=C(c2ccccc2)c2ccccc2)CC1. The summed E-state index contributed by atoms with van der Waals surface area (Å²) in [6.07, 6.45) is 6.49. The van der Waals surface area contributed by atoms with Crippen LogP contribution in [0.3, 0.4) is 0 Å². The molecule has 1 unspecified atom stereocenters. The summed E-state index contributed by atoms with van der Waals surface area (Å²) in [4.78, 5) is 5.24. The summed E-state index contributed by atoms with van der Waals surface area (Å²) < 4.78 is 0. The van der Waals surface area contributed by atoms with Gasteiger partial charge >= 0.3 is 0 Å². The van der Waals surface area contributed by atoms with E-state index < -0.39 is 0 Å². The summed E-state index contributed by atoms with van der Waals surface area (Å²) in [6, 6.07) is 22.7. The van der Waals surface area contributed by atoms with Crippen LogP contribution in [0.25, 0.3) is 5.57 Å². The second-order valence-corrected chi connectivity index (χ2v) is 8.12. The summed E-state index contributed by atoms with van der Waals surface area (Å²) in [5.41, 5.74) is 5.81. The second kappa shape index (κ2) is 8.86. The van der Waals surface area contributed by atoms with Crippen molar-refractivity contribution in [1.82, 2.24) is 9.80 Å². The van der Waals surface area contributed by atoms with Crippen molar-refractivity contribution in [1.29, 1.82) is 0 Å². The molecular formula is C25H32N2. The molecular weight excluding hydrogens is 328 g/mol.